The molecular formula is C13H14F2N2O4. The minimum atomic E-state index is -2.71. The number of carbonyl (C=O) groups excluding carboxylic acids is 1. The van der Waals surface area contributed by atoms with E-state index in [1.54, 1.807) is 24.3 Å². The summed E-state index contributed by atoms with van der Waals surface area (Å²) in [4.78, 5) is 24.5. The van der Waals surface area contributed by atoms with Crippen LogP contribution in [0.5, 0.6) is 0 Å². The molecule has 0 aliphatic heterocycles. The van der Waals surface area contributed by atoms with Crippen LogP contribution in [0.25, 0.3) is 11.1 Å². The highest BCUT2D eigenvalue weighted by Crippen LogP contribution is 2.12. The van der Waals surface area contributed by atoms with Crippen LogP contribution in [-0.2, 0) is 11.3 Å². The van der Waals surface area contributed by atoms with Crippen molar-refractivity contribution in [1.29, 1.82) is 0 Å². The number of aliphatic hydroxyl groups is 1. The molecule has 8 heteroatoms. The fourth-order valence-electron chi connectivity index (χ4n) is 2.00. The van der Waals surface area contributed by atoms with Crippen molar-refractivity contribution in [3.05, 3.63) is 34.8 Å². The summed E-state index contributed by atoms with van der Waals surface area (Å²) in [5.74, 6) is -1.41. The molecule has 1 amide bonds. The van der Waals surface area contributed by atoms with Gasteiger partial charge in [-0.05, 0) is 12.1 Å². The number of alkyl halides is 2. The predicted octanol–water partition coefficient (Wildman–Crippen LogP) is 0.681. The summed E-state index contributed by atoms with van der Waals surface area (Å²) in [6, 6.07) is 6.51. The van der Waals surface area contributed by atoms with Crippen molar-refractivity contribution in [2.24, 2.45) is 0 Å². The molecule has 114 valence electrons. The number of oxazole rings is 1. The Morgan fingerprint density at radius 1 is 1.38 bits per heavy atom. The van der Waals surface area contributed by atoms with Crippen LogP contribution >= 0.6 is 0 Å². The molecule has 1 aromatic carbocycles. The minimum absolute atomic E-state index is 0.215. The minimum Gasteiger partial charge on any atom is -0.408 e. The normalized spacial score (nSPS) is 11.2. The van der Waals surface area contributed by atoms with Crippen molar-refractivity contribution in [1.82, 2.24) is 9.47 Å². The van der Waals surface area contributed by atoms with E-state index in [1.165, 1.54) is 0 Å². The molecule has 2 aromatic rings. The van der Waals surface area contributed by atoms with Crippen LogP contribution in [0, 0.1) is 0 Å². The van der Waals surface area contributed by atoms with Gasteiger partial charge in [0.05, 0.1) is 18.7 Å². The van der Waals surface area contributed by atoms with Gasteiger partial charge in [-0.3, -0.25) is 9.36 Å². The standard InChI is InChI=1S/C13H14F2N2O4/c14-11(15)7-16(5-6-18)12(19)8-17-9-3-1-2-4-10(9)21-13(17)20/h1-4,11,18H,5-8H2. The SMILES string of the molecule is O=C(Cn1c(=O)oc2ccccc21)N(CCO)CC(F)F. The van der Waals surface area contributed by atoms with E-state index in [1.807, 2.05) is 0 Å². The first-order chi connectivity index (χ1) is 10.0. The zero-order valence-electron chi connectivity index (χ0n) is 11.0. The van der Waals surface area contributed by atoms with Gasteiger partial charge >= 0.3 is 5.76 Å². The number of halogens is 2. The quantitative estimate of drug-likeness (QED) is 0.851. The molecule has 0 bridgehead atoms. The number of hydrogen-bond acceptors (Lipinski definition) is 4. The second kappa shape index (κ2) is 6.49. The average Bonchev–Trinajstić information content (AvgIpc) is 2.74. The molecule has 0 unspecified atom stereocenters. The average molecular weight is 300 g/mol. The van der Waals surface area contributed by atoms with Crippen LogP contribution in [0.4, 0.5) is 8.78 Å². The van der Waals surface area contributed by atoms with E-state index in [2.05, 4.69) is 0 Å². The van der Waals surface area contributed by atoms with Crippen molar-refractivity contribution >= 4 is 17.0 Å². The van der Waals surface area contributed by atoms with Crippen molar-refractivity contribution in [3.63, 3.8) is 0 Å². The highest BCUT2D eigenvalue weighted by Gasteiger charge is 2.20. The van der Waals surface area contributed by atoms with Crippen LogP contribution in [0.3, 0.4) is 0 Å². The van der Waals surface area contributed by atoms with E-state index >= 15 is 0 Å². The van der Waals surface area contributed by atoms with E-state index < -0.39 is 37.8 Å². The van der Waals surface area contributed by atoms with Gasteiger partial charge in [0, 0.05) is 6.54 Å². The Balaban J connectivity index is 2.24. The summed E-state index contributed by atoms with van der Waals surface area (Å²) < 4.78 is 30.9. The zero-order chi connectivity index (χ0) is 15.4. The number of rotatable bonds is 6. The number of benzene rings is 1. The molecule has 0 aliphatic rings. The monoisotopic (exact) mass is 300 g/mol. The molecule has 0 atom stereocenters. The van der Waals surface area contributed by atoms with E-state index in [-0.39, 0.29) is 6.54 Å². The number of aromatic nitrogens is 1. The third-order valence-corrected chi connectivity index (χ3v) is 2.95. The summed E-state index contributed by atoms with van der Waals surface area (Å²) in [6.45, 7) is -1.85. The number of para-hydroxylation sites is 2. The Morgan fingerprint density at radius 3 is 2.76 bits per heavy atom. The second-order valence-electron chi connectivity index (χ2n) is 4.38. The molecular weight excluding hydrogens is 286 g/mol. The maximum absolute atomic E-state index is 12.4. The Bertz CT molecular complexity index is 680. The third-order valence-electron chi connectivity index (χ3n) is 2.95. The van der Waals surface area contributed by atoms with Gasteiger partial charge in [0.15, 0.2) is 5.58 Å². The van der Waals surface area contributed by atoms with Crippen LogP contribution in [0.2, 0.25) is 0 Å². The van der Waals surface area contributed by atoms with E-state index in [0.717, 1.165) is 9.47 Å². The van der Waals surface area contributed by atoms with Crippen molar-refractivity contribution in [2.45, 2.75) is 13.0 Å². The topological polar surface area (TPSA) is 75.7 Å². The Labute approximate surface area is 118 Å². The Morgan fingerprint density at radius 2 is 2.10 bits per heavy atom. The molecule has 0 saturated carbocycles. The Hall–Kier alpha value is -2.22. The molecule has 1 N–H and O–H groups in total. The van der Waals surface area contributed by atoms with Crippen LogP contribution in [-0.4, -0.2) is 46.6 Å². The fraction of sp³-hybridized carbons (Fsp3) is 0.385. The van der Waals surface area contributed by atoms with Gasteiger partial charge in [0.25, 0.3) is 6.43 Å². The van der Waals surface area contributed by atoms with E-state index in [4.69, 9.17) is 9.52 Å². The van der Waals surface area contributed by atoms with Gasteiger partial charge in [-0.25, -0.2) is 13.6 Å². The summed E-state index contributed by atoms with van der Waals surface area (Å²) in [5.41, 5.74) is 0.731. The first-order valence-corrected chi connectivity index (χ1v) is 6.28. The lowest BCUT2D eigenvalue weighted by Gasteiger charge is -2.21. The van der Waals surface area contributed by atoms with Gasteiger partial charge in [-0.2, -0.15) is 0 Å². The van der Waals surface area contributed by atoms with Crippen molar-refractivity contribution in [2.75, 3.05) is 19.7 Å². The van der Waals surface area contributed by atoms with Crippen molar-refractivity contribution in [3.8, 4) is 0 Å². The van der Waals surface area contributed by atoms with Crippen LogP contribution in [0.1, 0.15) is 0 Å². The molecule has 21 heavy (non-hydrogen) atoms. The number of carbonyl (C=O) groups is 1. The molecule has 1 heterocycles. The lowest BCUT2D eigenvalue weighted by Crippen LogP contribution is -2.40. The molecule has 2 rings (SSSR count). The number of hydrogen-bond donors (Lipinski definition) is 1. The number of fused-ring (bicyclic) bond motifs is 1. The van der Waals surface area contributed by atoms with Gasteiger partial charge in [0.2, 0.25) is 5.91 Å². The predicted molar refractivity (Wildman–Crippen MR) is 70.1 cm³/mol. The van der Waals surface area contributed by atoms with E-state index in [0.29, 0.717) is 11.1 Å². The first-order valence-electron chi connectivity index (χ1n) is 6.28. The highest BCUT2D eigenvalue weighted by atomic mass is 19.3. The number of amides is 1. The smallest absolute Gasteiger partial charge is 0.408 e. The molecule has 0 spiro atoms. The second-order valence-corrected chi connectivity index (χ2v) is 4.38. The molecule has 1 aromatic heterocycles. The largest absolute Gasteiger partial charge is 0.420 e. The number of nitrogens with zero attached hydrogens (tertiary/aromatic N) is 2. The zero-order valence-corrected chi connectivity index (χ0v) is 11.0. The maximum Gasteiger partial charge on any atom is 0.420 e. The summed E-state index contributed by atoms with van der Waals surface area (Å²) >= 11 is 0. The van der Waals surface area contributed by atoms with Crippen molar-refractivity contribution < 1.29 is 23.1 Å². The highest BCUT2D eigenvalue weighted by molar-refractivity contribution is 5.79. The lowest BCUT2D eigenvalue weighted by atomic mass is 10.3. The lowest BCUT2D eigenvalue weighted by molar-refractivity contribution is -0.134. The Kier molecular flexibility index (Phi) is 4.69. The molecule has 0 aliphatic carbocycles. The first kappa shape index (κ1) is 15.2. The van der Waals surface area contributed by atoms with E-state index in [9.17, 15) is 18.4 Å². The van der Waals surface area contributed by atoms with Crippen LogP contribution < -0.4 is 5.76 Å². The third kappa shape index (κ3) is 3.46. The molecule has 6 nitrogen and oxygen atoms in total. The molecule has 0 fully saturated rings. The summed E-state index contributed by atoms with van der Waals surface area (Å²) in [5, 5.41) is 8.83. The maximum atomic E-state index is 12.4. The van der Waals surface area contributed by atoms with Crippen LogP contribution in [0.15, 0.2) is 33.5 Å². The van der Waals surface area contributed by atoms with Gasteiger partial charge < -0.3 is 14.4 Å². The number of aliphatic hydroxyl groups excluding tert-OH is 1. The summed E-state index contributed by atoms with van der Waals surface area (Å²) in [7, 11) is 0. The molecule has 0 radical (unpaired) electrons. The summed E-state index contributed by atoms with van der Waals surface area (Å²) in [6.07, 6.45) is -2.71. The molecule has 0 saturated heterocycles. The van der Waals surface area contributed by atoms with Gasteiger partial charge in [-0.15, -0.1) is 0 Å². The van der Waals surface area contributed by atoms with Gasteiger partial charge in [-0.1, -0.05) is 12.1 Å². The fourth-order valence-corrected chi connectivity index (χ4v) is 2.00. The van der Waals surface area contributed by atoms with Gasteiger partial charge in [0.1, 0.15) is 6.54 Å².